The number of nitrogens with one attached hydrogen (secondary N) is 1. The van der Waals surface area contributed by atoms with E-state index in [0.717, 1.165) is 22.9 Å². The maximum atomic E-state index is 13.2. The number of aromatic nitrogens is 2. The third-order valence-corrected chi connectivity index (χ3v) is 4.27. The van der Waals surface area contributed by atoms with Crippen molar-refractivity contribution in [1.82, 2.24) is 9.55 Å². The number of aromatic amines is 1. The highest BCUT2D eigenvalue weighted by atomic mass is 35.7. The Morgan fingerprint density at radius 2 is 1.95 bits per heavy atom. The van der Waals surface area contributed by atoms with Gasteiger partial charge in [-0.3, -0.25) is 14.3 Å². The Labute approximate surface area is 127 Å². The minimum absolute atomic E-state index is 0.185. The average molecular weight is 353 g/mol. The van der Waals surface area contributed by atoms with Crippen molar-refractivity contribution in [1.29, 1.82) is 0 Å². The van der Waals surface area contributed by atoms with Gasteiger partial charge in [0, 0.05) is 21.9 Å². The molecule has 0 atom stereocenters. The summed E-state index contributed by atoms with van der Waals surface area (Å²) < 4.78 is 36.5. The van der Waals surface area contributed by atoms with Crippen molar-refractivity contribution in [3.63, 3.8) is 0 Å². The number of H-pyrrole nitrogens is 1. The highest BCUT2D eigenvalue weighted by molar-refractivity contribution is 8.13. The predicted molar refractivity (Wildman–Crippen MR) is 74.9 cm³/mol. The molecule has 2 aromatic rings. The molecule has 0 unspecified atom stereocenters. The van der Waals surface area contributed by atoms with E-state index < -0.39 is 31.0 Å². The van der Waals surface area contributed by atoms with Crippen LogP contribution in [0.4, 0.5) is 4.39 Å². The maximum Gasteiger partial charge on any atom is 0.328 e. The van der Waals surface area contributed by atoms with Gasteiger partial charge in [0.1, 0.15) is 5.82 Å². The normalized spacial score (nSPS) is 11.6. The summed E-state index contributed by atoms with van der Waals surface area (Å²) in [4.78, 5) is 24.1. The number of rotatable bonds is 3. The largest absolute Gasteiger partial charge is 0.328 e. The number of nitrogens with zero attached hydrogens (tertiary/aromatic N) is 1. The minimum Gasteiger partial charge on any atom is -0.295 e. The van der Waals surface area contributed by atoms with Crippen LogP contribution in [-0.2, 0) is 15.6 Å². The van der Waals surface area contributed by atoms with E-state index in [9.17, 15) is 22.4 Å². The molecule has 6 nitrogen and oxygen atoms in total. The van der Waals surface area contributed by atoms with Gasteiger partial charge in [0.2, 0.25) is 0 Å². The molecule has 0 aliphatic heterocycles. The summed E-state index contributed by atoms with van der Waals surface area (Å²) in [5, 5.41) is 0.185. The topological polar surface area (TPSA) is 89.0 Å². The molecule has 21 heavy (non-hydrogen) atoms. The van der Waals surface area contributed by atoms with Crippen LogP contribution in [0.25, 0.3) is 0 Å². The quantitative estimate of drug-likeness (QED) is 0.843. The summed E-state index contributed by atoms with van der Waals surface area (Å²) in [5.74, 6) is -0.572. The first-order chi connectivity index (χ1) is 9.68. The summed E-state index contributed by atoms with van der Waals surface area (Å²) in [5.41, 5.74) is -1.76. The molecule has 0 aliphatic carbocycles. The summed E-state index contributed by atoms with van der Waals surface area (Å²) in [7, 11) is 0.777. The molecule has 1 N–H and O–H groups in total. The number of hydrogen-bond donors (Lipinski definition) is 1. The Hall–Kier alpha value is -1.64. The van der Waals surface area contributed by atoms with Gasteiger partial charge in [-0.05, 0) is 23.8 Å². The zero-order chi connectivity index (χ0) is 15.8. The van der Waals surface area contributed by atoms with Crippen molar-refractivity contribution in [2.24, 2.45) is 0 Å². The molecule has 0 amide bonds. The Balaban J connectivity index is 2.58. The Kier molecular flexibility index (Phi) is 4.22. The lowest BCUT2D eigenvalue weighted by atomic mass is 10.2. The molecular weight excluding hydrogens is 346 g/mol. The molecule has 0 saturated heterocycles. The second kappa shape index (κ2) is 5.63. The highest BCUT2D eigenvalue weighted by Crippen LogP contribution is 2.18. The number of halogens is 3. The van der Waals surface area contributed by atoms with Crippen molar-refractivity contribution in [2.75, 3.05) is 0 Å². The second-order valence-corrected chi connectivity index (χ2v) is 7.00. The lowest BCUT2D eigenvalue weighted by Gasteiger charge is -2.08. The zero-order valence-electron chi connectivity index (χ0n) is 10.1. The third kappa shape index (κ3) is 3.52. The van der Waals surface area contributed by atoms with E-state index in [-0.39, 0.29) is 17.1 Å². The summed E-state index contributed by atoms with van der Waals surface area (Å²) in [6.45, 7) is -0.231. The van der Waals surface area contributed by atoms with Crippen LogP contribution in [0.15, 0.2) is 38.9 Å². The van der Waals surface area contributed by atoms with Crippen LogP contribution in [0, 0.1) is 5.82 Å². The van der Waals surface area contributed by atoms with E-state index in [1.54, 1.807) is 0 Å². The molecule has 0 aliphatic rings. The fourth-order valence-corrected chi connectivity index (χ4v) is 2.66. The average Bonchev–Trinajstić information content (AvgIpc) is 2.35. The van der Waals surface area contributed by atoms with Gasteiger partial charge in [-0.25, -0.2) is 17.6 Å². The van der Waals surface area contributed by atoms with Gasteiger partial charge in [-0.1, -0.05) is 11.6 Å². The standard InChI is InChI=1S/C11H7Cl2FN2O4S/c12-8-2-1-7(14)3-6(8)4-16-5-9(21(13,19)20)10(17)15-11(16)18/h1-3,5H,4H2,(H,15,17,18). The van der Waals surface area contributed by atoms with Crippen LogP contribution < -0.4 is 11.2 Å². The summed E-state index contributed by atoms with van der Waals surface area (Å²) in [6, 6.07) is 3.52. The van der Waals surface area contributed by atoms with E-state index in [1.165, 1.54) is 6.07 Å². The first kappa shape index (κ1) is 15.7. The van der Waals surface area contributed by atoms with Crippen molar-refractivity contribution >= 4 is 31.3 Å². The predicted octanol–water partition coefficient (Wildman–Crippen LogP) is 1.30. The van der Waals surface area contributed by atoms with Crippen molar-refractivity contribution in [2.45, 2.75) is 11.4 Å². The summed E-state index contributed by atoms with van der Waals surface area (Å²) >= 11 is 5.86. The molecule has 1 heterocycles. The molecule has 1 aromatic heterocycles. The van der Waals surface area contributed by atoms with Crippen LogP contribution in [0.1, 0.15) is 5.56 Å². The van der Waals surface area contributed by atoms with Crippen LogP contribution in [0.5, 0.6) is 0 Å². The van der Waals surface area contributed by atoms with Crippen LogP contribution >= 0.6 is 22.3 Å². The lowest BCUT2D eigenvalue weighted by Crippen LogP contribution is -2.32. The van der Waals surface area contributed by atoms with Gasteiger partial charge < -0.3 is 0 Å². The number of hydrogen-bond acceptors (Lipinski definition) is 4. The van der Waals surface area contributed by atoms with Gasteiger partial charge in [0.25, 0.3) is 14.6 Å². The molecule has 0 bridgehead atoms. The molecule has 0 spiro atoms. The fraction of sp³-hybridized carbons (Fsp3) is 0.0909. The smallest absolute Gasteiger partial charge is 0.295 e. The molecule has 2 rings (SSSR count). The van der Waals surface area contributed by atoms with Crippen molar-refractivity contribution < 1.29 is 12.8 Å². The third-order valence-electron chi connectivity index (χ3n) is 2.59. The Morgan fingerprint density at radius 3 is 2.57 bits per heavy atom. The van der Waals surface area contributed by atoms with Crippen LogP contribution in [0.2, 0.25) is 5.02 Å². The van der Waals surface area contributed by atoms with Crippen LogP contribution in [0.3, 0.4) is 0 Å². The molecule has 1 aromatic carbocycles. The monoisotopic (exact) mass is 352 g/mol. The molecule has 0 saturated carbocycles. The molecule has 112 valence electrons. The van der Waals surface area contributed by atoms with Gasteiger partial charge in [-0.15, -0.1) is 0 Å². The first-order valence-electron chi connectivity index (χ1n) is 5.41. The number of benzene rings is 1. The SMILES string of the molecule is O=c1[nH]c(=O)n(Cc2cc(F)ccc2Cl)cc1S(=O)(=O)Cl. The molecule has 0 radical (unpaired) electrons. The Bertz CT molecular complexity index is 921. The second-order valence-electron chi connectivity index (χ2n) is 4.05. The minimum atomic E-state index is -4.32. The van der Waals surface area contributed by atoms with E-state index >= 15 is 0 Å². The molecule has 0 fully saturated rings. The van der Waals surface area contributed by atoms with Gasteiger partial charge in [-0.2, -0.15) is 0 Å². The molecular formula is C11H7Cl2FN2O4S. The molecule has 10 heteroatoms. The van der Waals surface area contributed by atoms with Gasteiger partial charge in [0.15, 0.2) is 4.90 Å². The maximum absolute atomic E-state index is 13.2. The zero-order valence-corrected chi connectivity index (χ0v) is 12.5. The van der Waals surface area contributed by atoms with E-state index in [1.807, 2.05) is 4.98 Å². The van der Waals surface area contributed by atoms with Crippen molar-refractivity contribution in [3.8, 4) is 0 Å². The van der Waals surface area contributed by atoms with Crippen molar-refractivity contribution in [3.05, 3.63) is 61.6 Å². The highest BCUT2D eigenvalue weighted by Gasteiger charge is 2.17. The lowest BCUT2D eigenvalue weighted by molar-refractivity contribution is 0.601. The van der Waals surface area contributed by atoms with E-state index in [0.29, 0.717) is 0 Å². The first-order valence-corrected chi connectivity index (χ1v) is 8.09. The summed E-state index contributed by atoms with van der Waals surface area (Å²) in [6.07, 6.45) is 0.782. The van der Waals surface area contributed by atoms with E-state index in [4.69, 9.17) is 22.3 Å². The van der Waals surface area contributed by atoms with Crippen LogP contribution in [-0.4, -0.2) is 18.0 Å². The fourth-order valence-electron chi connectivity index (χ4n) is 1.63. The van der Waals surface area contributed by atoms with Gasteiger partial charge in [0.05, 0.1) is 6.54 Å². The van der Waals surface area contributed by atoms with Gasteiger partial charge >= 0.3 is 5.69 Å². The Morgan fingerprint density at radius 1 is 1.29 bits per heavy atom. The van der Waals surface area contributed by atoms with E-state index in [2.05, 4.69) is 0 Å².